The minimum absolute atomic E-state index is 0.0280. The van der Waals surface area contributed by atoms with Gasteiger partial charge in [-0.3, -0.25) is 0 Å². The van der Waals surface area contributed by atoms with Gasteiger partial charge in [-0.25, -0.2) is 0 Å². The molecule has 0 amide bonds. The standard InChI is InChI=1S/C15H22O2/c1-17-12-9-14(16)15(10-5-6-11-15)13-7-3-2-4-8-13/h2-4,7-8,14,16H,5-6,9-12H2,1H3. The first-order chi connectivity index (χ1) is 8.29. The summed E-state index contributed by atoms with van der Waals surface area (Å²) < 4.78 is 5.09. The van der Waals surface area contributed by atoms with E-state index in [9.17, 15) is 5.11 Å². The second kappa shape index (κ2) is 5.65. The van der Waals surface area contributed by atoms with Gasteiger partial charge in [0.2, 0.25) is 0 Å². The predicted octanol–water partition coefficient (Wildman–Crippen LogP) is 2.90. The summed E-state index contributed by atoms with van der Waals surface area (Å²) in [6, 6.07) is 10.5. The molecule has 17 heavy (non-hydrogen) atoms. The zero-order valence-corrected chi connectivity index (χ0v) is 10.6. The Morgan fingerprint density at radius 2 is 1.88 bits per heavy atom. The summed E-state index contributed by atoms with van der Waals surface area (Å²) in [6.45, 7) is 0.635. The van der Waals surface area contributed by atoms with Crippen LogP contribution in [0.2, 0.25) is 0 Å². The lowest BCUT2D eigenvalue weighted by molar-refractivity contribution is 0.0478. The Labute approximate surface area is 104 Å². The van der Waals surface area contributed by atoms with Crippen LogP contribution in [-0.4, -0.2) is 24.9 Å². The molecule has 1 aromatic rings. The minimum atomic E-state index is -0.285. The van der Waals surface area contributed by atoms with Crippen molar-refractivity contribution in [2.45, 2.75) is 43.6 Å². The summed E-state index contributed by atoms with van der Waals surface area (Å²) >= 11 is 0. The molecule has 1 unspecified atom stereocenters. The Balaban J connectivity index is 2.20. The van der Waals surface area contributed by atoms with E-state index in [1.807, 2.05) is 6.07 Å². The summed E-state index contributed by atoms with van der Waals surface area (Å²) in [7, 11) is 1.69. The van der Waals surface area contributed by atoms with E-state index >= 15 is 0 Å². The molecule has 0 radical (unpaired) electrons. The highest BCUT2D eigenvalue weighted by Crippen LogP contribution is 2.44. The molecular formula is C15H22O2. The molecule has 1 N–H and O–H groups in total. The largest absolute Gasteiger partial charge is 0.392 e. The van der Waals surface area contributed by atoms with Crippen molar-refractivity contribution >= 4 is 0 Å². The average Bonchev–Trinajstić information content (AvgIpc) is 2.87. The number of hydrogen-bond acceptors (Lipinski definition) is 2. The number of aliphatic hydroxyl groups excluding tert-OH is 1. The van der Waals surface area contributed by atoms with Gasteiger partial charge < -0.3 is 9.84 Å². The van der Waals surface area contributed by atoms with Crippen LogP contribution in [0.1, 0.15) is 37.7 Å². The lowest BCUT2D eigenvalue weighted by Gasteiger charge is -2.35. The van der Waals surface area contributed by atoms with Crippen molar-refractivity contribution in [3.05, 3.63) is 35.9 Å². The molecule has 0 spiro atoms. The van der Waals surface area contributed by atoms with Crippen LogP contribution in [0.25, 0.3) is 0 Å². The van der Waals surface area contributed by atoms with Gasteiger partial charge in [-0.15, -0.1) is 0 Å². The SMILES string of the molecule is COCCC(O)C1(c2ccccc2)CCCC1. The van der Waals surface area contributed by atoms with Gasteiger partial charge in [0.1, 0.15) is 0 Å². The third-order valence-corrected chi connectivity index (χ3v) is 4.08. The number of aliphatic hydroxyl groups is 1. The molecule has 1 saturated carbocycles. The highest BCUT2D eigenvalue weighted by molar-refractivity contribution is 5.28. The number of benzene rings is 1. The summed E-state index contributed by atoms with van der Waals surface area (Å²) in [4.78, 5) is 0. The Hall–Kier alpha value is -0.860. The van der Waals surface area contributed by atoms with E-state index in [0.717, 1.165) is 19.3 Å². The Bertz CT molecular complexity index is 328. The third-order valence-electron chi connectivity index (χ3n) is 4.08. The molecule has 1 atom stereocenters. The molecule has 94 valence electrons. The van der Waals surface area contributed by atoms with Crippen LogP contribution in [0.5, 0.6) is 0 Å². The number of rotatable bonds is 5. The van der Waals surface area contributed by atoms with E-state index in [0.29, 0.717) is 6.61 Å². The smallest absolute Gasteiger partial charge is 0.0658 e. The second-order valence-electron chi connectivity index (χ2n) is 5.03. The highest BCUT2D eigenvalue weighted by Gasteiger charge is 2.41. The van der Waals surface area contributed by atoms with Crippen molar-refractivity contribution in [3.8, 4) is 0 Å². The first-order valence-corrected chi connectivity index (χ1v) is 6.52. The van der Waals surface area contributed by atoms with Crippen LogP contribution < -0.4 is 0 Å². The lowest BCUT2D eigenvalue weighted by atomic mass is 9.73. The molecule has 1 aromatic carbocycles. The van der Waals surface area contributed by atoms with Gasteiger partial charge >= 0.3 is 0 Å². The van der Waals surface area contributed by atoms with Gasteiger partial charge in [0, 0.05) is 19.1 Å². The zero-order chi connectivity index (χ0) is 12.1. The van der Waals surface area contributed by atoms with Crippen LogP contribution in [0, 0.1) is 0 Å². The van der Waals surface area contributed by atoms with Crippen molar-refractivity contribution in [2.75, 3.05) is 13.7 Å². The van der Waals surface area contributed by atoms with Gasteiger partial charge in [-0.1, -0.05) is 43.2 Å². The van der Waals surface area contributed by atoms with Crippen LogP contribution in [0.4, 0.5) is 0 Å². The number of hydrogen-bond donors (Lipinski definition) is 1. The van der Waals surface area contributed by atoms with E-state index in [4.69, 9.17) is 4.74 Å². The second-order valence-corrected chi connectivity index (χ2v) is 5.03. The molecule has 1 aliphatic carbocycles. The minimum Gasteiger partial charge on any atom is -0.392 e. The number of methoxy groups -OCH3 is 1. The van der Waals surface area contributed by atoms with E-state index < -0.39 is 0 Å². The van der Waals surface area contributed by atoms with E-state index in [1.165, 1.54) is 18.4 Å². The van der Waals surface area contributed by atoms with Crippen molar-refractivity contribution in [2.24, 2.45) is 0 Å². The van der Waals surface area contributed by atoms with Gasteiger partial charge in [0.05, 0.1) is 6.10 Å². The number of ether oxygens (including phenoxy) is 1. The molecule has 0 bridgehead atoms. The fourth-order valence-electron chi connectivity index (χ4n) is 3.10. The van der Waals surface area contributed by atoms with Crippen molar-refractivity contribution in [3.63, 3.8) is 0 Å². The maximum Gasteiger partial charge on any atom is 0.0658 e. The monoisotopic (exact) mass is 234 g/mol. The summed E-state index contributed by atoms with van der Waals surface area (Å²) in [5.74, 6) is 0. The first kappa shape index (κ1) is 12.6. The van der Waals surface area contributed by atoms with Crippen LogP contribution >= 0.6 is 0 Å². The Morgan fingerprint density at radius 3 is 2.47 bits per heavy atom. The van der Waals surface area contributed by atoms with Gasteiger partial charge in [-0.2, -0.15) is 0 Å². The van der Waals surface area contributed by atoms with E-state index in [1.54, 1.807) is 7.11 Å². The molecule has 0 heterocycles. The van der Waals surface area contributed by atoms with Crippen LogP contribution in [-0.2, 0) is 10.2 Å². The molecule has 2 rings (SSSR count). The molecule has 1 aliphatic rings. The molecule has 2 heteroatoms. The van der Waals surface area contributed by atoms with E-state index in [-0.39, 0.29) is 11.5 Å². The summed E-state index contributed by atoms with van der Waals surface area (Å²) in [5.41, 5.74) is 1.26. The van der Waals surface area contributed by atoms with Gasteiger partial charge in [0.15, 0.2) is 0 Å². The van der Waals surface area contributed by atoms with Gasteiger partial charge in [-0.05, 0) is 24.8 Å². The first-order valence-electron chi connectivity index (χ1n) is 6.52. The Kier molecular flexibility index (Phi) is 4.19. The summed E-state index contributed by atoms with van der Waals surface area (Å²) in [5, 5.41) is 10.5. The van der Waals surface area contributed by atoms with Crippen LogP contribution in [0.15, 0.2) is 30.3 Å². The van der Waals surface area contributed by atoms with E-state index in [2.05, 4.69) is 24.3 Å². The zero-order valence-electron chi connectivity index (χ0n) is 10.6. The summed E-state index contributed by atoms with van der Waals surface area (Å²) in [6.07, 6.45) is 5.08. The molecule has 0 aliphatic heterocycles. The van der Waals surface area contributed by atoms with Gasteiger partial charge in [0.25, 0.3) is 0 Å². The van der Waals surface area contributed by atoms with Crippen molar-refractivity contribution in [1.29, 1.82) is 0 Å². The predicted molar refractivity (Wildman–Crippen MR) is 69.1 cm³/mol. The maximum absolute atomic E-state index is 10.5. The van der Waals surface area contributed by atoms with Crippen molar-refractivity contribution in [1.82, 2.24) is 0 Å². The quantitative estimate of drug-likeness (QED) is 0.849. The van der Waals surface area contributed by atoms with Crippen molar-refractivity contribution < 1.29 is 9.84 Å². The molecule has 0 aromatic heterocycles. The lowest BCUT2D eigenvalue weighted by Crippen LogP contribution is -2.37. The topological polar surface area (TPSA) is 29.5 Å². The fraction of sp³-hybridized carbons (Fsp3) is 0.600. The fourth-order valence-corrected chi connectivity index (χ4v) is 3.10. The normalized spacial score (nSPS) is 20.4. The highest BCUT2D eigenvalue weighted by atomic mass is 16.5. The molecular weight excluding hydrogens is 212 g/mol. The molecule has 0 saturated heterocycles. The maximum atomic E-state index is 10.5. The van der Waals surface area contributed by atoms with Crippen LogP contribution in [0.3, 0.4) is 0 Å². The third kappa shape index (κ3) is 2.53. The average molecular weight is 234 g/mol. The Morgan fingerprint density at radius 1 is 1.24 bits per heavy atom. The molecule has 1 fully saturated rings. The molecule has 2 nitrogen and oxygen atoms in total.